The molecule has 0 radical (unpaired) electrons. The Labute approximate surface area is 167 Å². The van der Waals surface area contributed by atoms with Crippen LogP contribution in [-0.4, -0.2) is 18.5 Å². The monoisotopic (exact) mass is 391 g/mol. The molecular weight excluding hydrogens is 370 g/mol. The molecule has 2 heterocycles. The van der Waals surface area contributed by atoms with E-state index in [0.29, 0.717) is 5.76 Å². The normalized spacial score (nSPS) is 12.2. The molecular formula is C23H21NO5. The van der Waals surface area contributed by atoms with Crippen LogP contribution >= 0.6 is 0 Å². The maximum absolute atomic E-state index is 12.2. The first-order chi connectivity index (χ1) is 14.0. The summed E-state index contributed by atoms with van der Waals surface area (Å²) in [7, 11) is 0. The minimum absolute atomic E-state index is 0.0441. The lowest BCUT2D eigenvalue weighted by Crippen LogP contribution is -2.31. The molecule has 1 atom stereocenters. The molecule has 0 unspecified atom stereocenters. The molecule has 29 heavy (non-hydrogen) atoms. The Kier molecular flexibility index (Phi) is 5.08. The number of esters is 1. The van der Waals surface area contributed by atoms with Gasteiger partial charge in [0.1, 0.15) is 16.9 Å². The van der Waals surface area contributed by atoms with Crippen molar-refractivity contribution >= 4 is 33.8 Å². The van der Waals surface area contributed by atoms with Gasteiger partial charge in [-0.25, -0.2) is 0 Å². The van der Waals surface area contributed by atoms with Gasteiger partial charge in [-0.1, -0.05) is 30.3 Å². The van der Waals surface area contributed by atoms with Crippen LogP contribution in [0.2, 0.25) is 0 Å². The maximum atomic E-state index is 12.2. The van der Waals surface area contributed by atoms with Crippen molar-refractivity contribution in [3.63, 3.8) is 0 Å². The number of nitrogens with one attached hydrogen (secondary N) is 1. The molecule has 0 fully saturated rings. The fourth-order valence-electron chi connectivity index (χ4n) is 3.25. The maximum Gasteiger partial charge on any atom is 0.310 e. The van der Waals surface area contributed by atoms with Gasteiger partial charge < -0.3 is 18.9 Å². The summed E-state index contributed by atoms with van der Waals surface area (Å²) in [5, 5.41) is 4.62. The number of aryl methyl sites for hydroxylation is 1. The van der Waals surface area contributed by atoms with Crippen molar-refractivity contribution in [3.8, 4) is 0 Å². The van der Waals surface area contributed by atoms with Crippen molar-refractivity contribution in [2.45, 2.75) is 26.3 Å². The van der Waals surface area contributed by atoms with Crippen LogP contribution in [0.25, 0.3) is 21.9 Å². The van der Waals surface area contributed by atoms with Crippen LogP contribution in [0.5, 0.6) is 0 Å². The third-order valence-corrected chi connectivity index (χ3v) is 4.76. The van der Waals surface area contributed by atoms with Gasteiger partial charge in [0.15, 0.2) is 6.61 Å². The number of furan rings is 2. The summed E-state index contributed by atoms with van der Waals surface area (Å²) >= 11 is 0. The van der Waals surface area contributed by atoms with E-state index in [4.69, 9.17) is 13.6 Å². The molecule has 0 spiro atoms. The lowest BCUT2D eigenvalue weighted by Gasteiger charge is -2.11. The van der Waals surface area contributed by atoms with Gasteiger partial charge in [0, 0.05) is 16.3 Å². The summed E-state index contributed by atoms with van der Waals surface area (Å²) in [4.78, 5) is 24.3. The third kappa shape index (κ3) is 4.16. The molecule has 0 saturated carbocycles. The zero-order chi connectivity index (χ0) is 20.4. The predicted octanol–water partition coefficient (Wildman–Crippen LogP) is 4.45. The molecule has 0 saturated heterocycles. The largest absolute Gasteiger partial charge is 0.464 e. The first-order valence-corrected chi connectivity index (χ1v) is 9.40. The van der Waals surface area contributed by atoms with E-state index >= 15 is 0 Å². The van der Waals surface area contributed by atoms with E-state index in [-0.39, 0.29) is 25.0 Å². The number of hydrogen-bond acceptors (Lipinski definition) is 5. The van der Waals surface area contributed by atoms with Crippen molar-refractivity contribution in [3.05, 3.63) is 71.7 Å². The Morgan fingerprint density at radius 2 is 1.93 bits per heavy atom. The van der Waals surface area contributed by atoms with Crippen molar-refractivity contribution in [1.29, 1.82) is 0 Å². The van der Waals surface area contributed by atoms with Crippen molar-refractivity contribution in [2.24, 2.45) is 0 Å². The van der Waals surface area contributed by atoms with Gasteiger partial charge in [-0.3, -0.25) is 9.59 Å². The molecule has 0 aliphatic carbocycles. The van der Waals surface area contributed by atoms with Crippen LogP contribution in [0.1, 0.15) is 29.9 Å². The van der Waals surface area contributed by atoms with Crippen molar-refractivity contribution < 1.29 is 23.2 Å². The Morgan fingerprint density at radius 1 is 1.10 bits per heavy atom. The van der Waals surface area contributed by atoms with Crippen LogP contribution in [0.3, 0.4) is 0 Å². The van der Waals surface area contributed by atoms with Gasteiger partial charge in [-0.05, 0) is 37.6 Å². The van der Waals surface area contributed by atoms with Crippen LogP contribution in [0.15, 0.2) is 63.6 Å². The molecule has 1 amide bonds. The zero-order valence-electron chi connectivity index (χ0n) is 16.2. The van der Waals surface area contributed by atoms with E-state index < -0.39 is 5.97 Å². The summed E-state index contributed by atoms with van der Waals surface area (Å²) in [5.74, 6) is -0.232. The highest BCUT2D eigenvalue weighted by atomic mass is 16.5. The topological polar surface area (TPSA) is 81.7 Å². The number of rotatable bonds is 6. The van der Waals surface area contributed by atoms with Gasteiger partial charge >= 0.3 is 5.97 Å². The Morgan fingerprint density at radius 3 is 2.76 bits per heavy atom. The second-order valence-corrected chi connectivity index (χ2v) is 7.07. The molecule has 6 heteroatoms. The molecule has 6 nitrogen and oxygen atoms in total. The molecule has 148 valence electrons. The summed E-state index contributed by atoms with van der Waals surface area (Å²) in [6, 6.07) is 15.0. The standard InChI is InChI=1S/C23H21NO5/c1-14-7-8-18-17(12-27-21(18)9-14)11-23(26)28-13-22(25)24-15(2)20-10-16-5-3-4-6-19(16)29-20/h3-10,12,15H,11,13H2,1-2H3,(H,24,25)/t15-/m1/s1. The number of hydrogen-bond donors (Lipinski definition) is 1. The minimum atomic E-state index is -0.486. The number of amides is 1. The molecule has 1 N–H and O–H groups in total. The molecule has 0 aliphatic heterocycles. The SMILES string of the molecule is Cc1ccc2c(CC(=O)OCC(=O)N[C@H](C)c3cc4ccccc4o3)coc2c1. The Hall–Kier alpha value is -3.54. The minimum Gasteiger partial charge on any atom is -0.464 e. The van der Waals surface area contributed by atoms with E-state index in [0.717, 1.165) is 33.1 Å². The number of carbonyl (C=O) groups excluding carboxylic acids is 2. The number of carbonyl (C=O) groups is 2. The van der Waals surface area contributed by atoms with Gasteiger partial charge in [0.2, 0.25) is 0 Å². The summed E-state index contributed by atoms with van der Waals surface area (Å²) in [5.41, 5.74) is 3.31. The third-order valence-electron chi connectivity index (χ3n) is 4.76. The molecule has 2 aromatic heterocycles. The van der Waals surface area contributed by atoms with Gasteiger partial charge in [-0.2, -0.15) is 0 Å². The summed E-state index contributed by atoms with van der Waals surface area (Å²) in [6.45, 7) is 3.44. The lowest BCUT2D eigenvalue weighted by atomic mass is 10.1. The second-order valence-electron chi connectivity index (χ2n) is 7.07. The first-order valence-electron chi connectivity index (χ1n) is 9.40. The first kappa shape index (κ1) is 18.8. The predicted molar refractivity (Wildman–Crippen MR) is 108 cm³/mol. The summed E-state index contributed by atoms with van der Waals surface area (Å²) in [6.07, 6.45) is 1.59. The number of benzene rings is 2. The lowest BCUT2D eigenvalue weighted by molar-refractivity contribution is -0.148. The Bertz CT molecular complexity index is 1150. The van der Waals surface area contributed by atoms with Crippen molar-refractivity contribution in [2.75, 3.05) is 6.61 Å². The van der Waals surface area contributed by atoms with Crippen molar-refractivity contribution in [1.82, 2.24) is 5.32 Å². The number of fused-ring (bicyclic) bond motifs is 2. The van der Waals surface area contributed by atoms with Gasteiger partial charge in [0.05, 0.1) is 18.7 Å². The van der Waals surface area contributed by atoms with Crippen LogP contribution in [-0.2, 0) is 20.7 Å². The Balaban J connectivity index is 1.31. The molecule has 0 aliphatic rings. The zero-order valence-corrected chi connectivity index (χ0v) is 16.2. The van der Waals surface area contributed by atoms with E-state index in [1.54, 1.807) is 6.26 Å². The number of ether oxygens (including phenoxy) is 1. The second kappa shape index (κ2) is 7.83. The van der Waals surface area contributed by atoms with Gasteiger partial charge in [-0.15, -0.1) is 0 Å². The van der Waals surface area contributed by atoms with Gasteiger partial charge in [0.25, 0.3) is 5.91 Å². The molecule has 0 bridgehead atoms. The van der Waals surface area contributed by atoms with Crippen LogP contribution in [0.4, 0.5) is 0 Å². The van der Waals surface area contributed by atoms with E-state index in [1.165, 1.54) is 0 Å². The molecule has 4 rings (SSSR count). The highest BCUT2D eigenvalue weighted by Crippen LogP contribution is 2.24. The van der Waals surface area contributed by atoms with E-state index in [2.05, 4.69) is 5.32 Å². The fourth-order valence-corrected chi connectivity index (χ4v) is 3.25. The quantitative estimate of drug-likeness (QED) is 0.491. The summed E-state index contributed by atoms with van der Waals surface area (Å²) < 4.78 is 16.4. The van der Waals surface area contributed by atoms with Crippen LogP contribution in [0, 0.1) is 6.92 Å². The average Bonchev–Trinajstić information content (AvgIpc) is 3.30. The van der Waals surface area contributed by atoms with E-state index in [1.807, 2.05) is 62.4 Å². The average molecular weight is 391 g/mol. The number of para-hydroxylation sites is 1. The highest BCUT2D eigenvalue weighted by molar-refractivity contribution is 5.87. The molecule has 4 aromatic rings. The molecule has 2 aromatic carbocycles. The van der Waals surface area contributed by atoms with E-state index in [9.17, 15) is 9.59 Å². The smallest absolute Gasteiger partial charge is 0.310 e. The highest BCUT2D eigenvalue weighted by Gasteiger charge is 2.17. The van der Waals surface area contributed by atoms with Crippen LogP contribution < -0.4 is 5.32 Å². The fraction of sp³-hybridized carbons (Fsp3) is 0.217.